The normalized spacial score (nSPS) is 10.1. The van der Waals surface area contributed by atoms with E-state index < -0.39 is 0 Å². The molecular weight excluding hydrogens is 202 g/mol. The van der Waals surface area contributed by atoms with Gasteiger partial charge in [-0.05, 0) is 36.2 Å². The number of hydrogen-bond acceptors (Lipinski definition) is 2. The van der Waals surface area contributed by atoms with Crippen LogP contribution in [0.3, 0.4) is 0 Å². The van der Waals surface area contributed by atoms with Gasteiger partial charge in [0.25, 0.3) is 5.56 Å². The summed E-state index contributed by atoms with van der Waals surface area (Å²) in [7, 11) is 1.64. The molecule has 1 aromatic heterocycles. The quantitative estimate of drug-likeness (QED) is 0.835. The SMILES string of the molecule is COc1ccc(-c2c[nH]c(=O)c(C)c2)cc1. The molecule has 0 radical (unpaired) electrons. The van der Waals surface area contributed by atoms with Crippen LogP contribution in [0.5, 0.6) is 5.75 Å². The van der Waals surface area contributed by atoms with Crippen molar-refractivity contribution in [3.8, 4) is 16.9 Å². The van der Waals surface area contributed by atoms with Crippen molar-refractivity contribution < 1.29 is 4.74 Å². The van der Waals surface area contributed by atoms with E-state index in [1.807, 2.05) is 30.3 Å². The third kappa shape index (κ3) is 1.98. The average molecular weight is 215 g/mol. The van der Waals surface area contributed by atoms with Crippen LogP contribution in [0.1, 0.15) is 5.56 Å². The summed E-state index contributed by atoms with van der Waals surface area (Å²) in [6, 6.07) is 9.60. The van der Waals surface area contributed by atoms with E-state index in [-0.39, 0.29) is 5.56 Å². The molecule has 0 atom stereocenters. The van der Waals surface area contributed by atoms with Gasteiger partial charge < -0.3 is 9.72 Å². The zero-order valence-corrected chi connectivity index (χ0v) is 9.28. The summed E-state index contributed by atoms with van der Waals surface area (Å²) in [6.45, 7) is 1.80. The Morgan fingerprint density at radius 2 is 1.81 bits per heavy atom. The van der Waals surface area contributed by atoms with E-state index in [0.29, 0.717) is 5.56 Å². The minimum absolute atomic E-state index is 0.0442. The maximum atomic E-state index is 11.2. The molecule has 1 N–H and O–H groups in total. The first-order valence-corrected chi connectivity index (χ1v) is 5.04. The Hall–Kier alpha value is -2.03. The molecule has 16 heavy (non-hydrogen) atoms. The van der Waals surface area contributed by atoms with E-state index in [0.717, 1.165) is 16.9 Å². The zero-order chi connectivity index (χ0) is 11.5. The molecule has 0 saturated heterocycles. The molecule has 2 rings (SSSR count). The van der Waals surface area contributed by atoms with Crippen LogP contribution in [0.25, 0.3) is 11.1 Å². The number of ether oxygens (including phenoxy) is 1. The second-order valence-corrected chi connectivity index (χ2v) is 3.63. The van der Waals surface area contributed by atoms with E-state index in [9.17, 15) is 4.79 Å². The first kappa shape index (κ1) is 10.5. The number of nitrogens with one attached hydrogen (secondary N) is 1. The molecule has 0 aliphatic rings. The number of methoxy groups -OCH3 is 1. The predicted octanol–water partition coefficient (Wildman–Crippen LogP) is 2.36. The van der Waals surface area contributed by atoms with Gasteiger partial charge in [0.2, 0.25) is 0 Å². The lowest BCUT2D eigenvalue weighted by Gasteiger charge is -2.04. The highest BCUT2D eigenvalue weighted by Gasteiger charge is 2.00. The van der Waals surface area contributed by atoms with Crippen molar-refractivity contribution in [3.05, 3.63) is 52.4 Å². The van der Waals surface area contributed by atoms with E-state index >= 15 is 0 Å². The first-order chi connectivity index (χ1) is 7.70. The lowest BCUT2D eigenvalue weighted by molar-refractivity contribution is 0.415. The van der Waals surface area contributed by atoms with Gasteiger partial charge in [0, 0.05) is 11.8 Å². The Balaban J connectivity index is 2.42. The number of H-pyrrole nitrogens is 1. The molecule has 0 amide bonds. The number of hydrogen-bond donors (Lipinski definition) is 1. The third-order valence-corrected chi connectivity index (χ3v) is 2.51. The summed E-state index contributed by atoms with van der Waals surface area (Å²) in [5, 5.41) is 0. The topological polar surface area (TPSA) is 42.1 Å². The molecule has 0 aliphatic carbocycles. The van der Waals surface area contributed by atoms with Crippen LogP contribution in [0.4, 0.5) is 0 Å². The van der Waals surface area contributed by atoms with Gasteiger partial charge >= 0.3 is 0 Å². The van der Waals surface area contributed by atoms with E-state index in [2.05, 4.69) is 4.98 Å². The van der Waals surface area contributed by atoms with Gasteiger partial charge in [0.1, 0.15) is 5.75 Å². The minimum atomic E-state index is -0.0442. The fourth-order valence-corrected chi connectivity index (χ4v) is 1.55. The predicted molar refractivity (Wildman–Crippen MR) is 63.8 cm³/mol. The fraction of sp³-hybridized carbons (Fsp3) is 0.154. The van der Waals surface area contributed by atoms with Gasteiger partial charge in [-0.1, -0.05) is 12.1 Å². The maximum absolute atomic E-state index is 11.2. The van der Waals surface area contributed by atoms with Crippen LogP contribution in [0.15, 0.2) is 41.3 Å². The van der Waals surface area contributed by atoms with Crippen LogP contribution in [-0.4, -0.2) is 12.1 Å². The molecular formula is C13H13NO2. The van der Waals surface area contributed by atoms with Crippen molar-refractivity contribution in [2.24, 2.45) is 0 Å². The molecule has 0 fully saturated rings. The highest BCUT2D eigenvalue weighted by Crippen LogP contribution is 2.21. The molecule has 0 spiro atoms. The largest absolute Gasteiger partial charge is 0.497 e. The summed E-state index contributed by atoms with van der Waals surface area (Å²) in [5.41, 5.74) is 2.73. The standard InChI is InChI=1S/C13H13NO2/c1-9-7-11(8-14-13(9)15)10-3-5-12(16-2)6-4-10/h3-8H,1-2H3,(H,14,15). The fourth-order valence-electron chi connectivity index (χ4n) is 1.55. The summed E-state index contributed by atoms with van der Waals surface area (Å²) in [6.07, 6.45) is 1.72. The summed E-state index contributed by atoms with van der Waals surface area (Å²) < 4.78 is 5.09. The zero-order valence-electron chi connectivity index (χ0n) is 9.28. The monoisotopic (exact) mass is 215 g/mol. The first-order valence-electron chi connectivity index (χ1n) is 5.04. The minimum Gasteiger partial charge on any atom is -0.497 e. The van der Waals surface area contributed by atoms with Crippen LogP contribution < -0.4 is 10.3 Å². The maximum Gasteiger partial charge on any atom is 0.250 e. The average Bonchev–Trinajstić information content (AvgIpc) is 2.33. The molecule has 3 nitrogen and oxygen atoms in total. The second kappa shape index (κ2) is 4.23. The Morgan fingerprint density at radius 3 is 2.38 bits per heavy atom. The molecule has 0 unspecified atom stereocenters. The third-order valence-electron chi connectivity index (χ3n) is 2.51. The van der Waals surface area contributed by atoms with Gasteiger partial charge in [-0.2, -0.15) is 0 Å². The van der Waals surface area contributed by atoms with Crippen molar-refractivity contribution >= 4 is 0 Å². The Kier molecular flexibility index (Phi) is 2.77. The number of benzene rings is 1. The van der Waals surface area contributed by atoms with E-state index in [1.54, 1.807) is 20.2 Å². The van der Waals surface area contributed by atoms with Crippen molar-refractivity contribution in [1.82, 2.24) is 4.98 Å². The molecule has 3 heteroatoms. The number of aromatic nitrogens is 1. The van der Waals surface area contributed by atoms with Gasteiger partial charge in [0.15, 0.2) is 0 Å². The van der Waals surface area contributed by atoms with Crippen molar-refractivity contribution in [3.63, 3.8) is 0 Å². The summed E-state index contributed by atoms with van der Waals surface area (Å²) in [4.78, 5) is 13.9. The summed E-state index contributed by atoms with van der Waals surface area (Å²) in [5.74, 6) is 0.824. The lowest BCUT2D eigenvalue weighted by atomic mass is 10.1. The second-order valence-electron chi connectivity index (χ2n) is 3.63. The Labute approximate surface area is 93.7 Å². The molecule has 0 aliphatic heterocycles. The molecule has 0 saturated carbocycles. The van der Waals surface area contributed by atoms with Crippen molar-refractivity contribution in [2.45, 2.75) is 6.92 Å². The van der Waals surface area contributed by atoms with Gasteiger partial charge in [-0.25, -0.2) is 0 Å². The van der Waals surface area contributed by atoms with E-state index in [4.69, 9.17) is 4.74 Å². The Bertz CT molecular complexity index is 541. The molecule has 0 bridgehead atoms. The van der Waals surface area contributed by atoms with Crippen LogP contribution >= 0.6 is 0 Å². The van der Waals surface area contributed by atoms with Gasteiger partial charge in [-0.3, -0.25) is 4.79 Å². The number of aromatic amines is 1. The highest BCUT2D eigenvalue weighted by molar-refractivity contribution is 5.63. The van der Waals surface area contributed by atoms with Gasteiger partial charge in [0.05, 0.1) is 7.11 Å². The van der Waals surface area contributed by atoms with Crippen LogP contribution in [0, 0.1) is 6.92 Å². The van der Waals surface area contributed by atoms with Crippen LogP contribution in [0.2, 0.25) is 0 Å². The van der Waals surface area contributed by atoms with Crippen molar-refractivity contribution in [2.75, 3.05) is 7.11 Å². The Morgan fingerprint density at radius 1 is 1.12 bits per heavy atom. The highest BCUT2D eigenvalue weighted by atomic mass is 16.5. The molecule has 2 aromatic rings. The smallest absolute Gasteiger partial charge is 0.250 e. The van der Waals surface area contributed by atoms with Crippen molar-refractivity contribution in [1.29, 1.82) is 0 Å². The lowest BCUT2D eigenvalue weighted by Crippen LogP contribution is -2.07. The number of aryl methyl sites for hydroxylation is 1. The molecule has 82 valence electrons. The molecule has 1 heterocycles. The van der Waals surface area contributed by atoms with E-state index in [1.165, 1.54) is 0 Å². The summed E-state index contributed by atoms with van der Waals surface area (Å²) >= 11 is 0. The number of pyridine rings is 1. The number of rotatable bonds is 2. The van der Waals surface area contributed by atoms with Gasteiger partial charge in [-0.15, -0.1) is 0 Å². The molecule has 1 aromatic carbocycles. The van der Waals surface area contributed by atoms with Crippen LogP contribution in [-0.2, 0) is 0 Å².